The van der Waals surface area contributed by atoms with E-state index in [0.29, 0.717) is 0 Å². The second kappa shape index (κ2) is 3.06. The first kappa shape index (κ1) is 8.75. The highest BCUT2D eigenvalue weighted by atomic mass is 79.9. The van der Waals surface area contributed by atoms with E-state index in [1.54, 1.807) is 20.8 Å². The van der Waals surface area contributed by atoms with Crippen molar-refractivity contribution in [3.8, 4) is 0 Å². The minimum absolute atomic E-state index is 0.419. The zero-order valence-electron chi connectivity index (χ0n) is 5.69. The largest absolute Gasteiger partial charge is 0.443 e. The molecule has 0 heterocycles. The van der Waals surface area contributed by atoms with Gasteiger partial charge < -0.3 is 4.74 Å². The molecule has 0 aromatic rings. The van der Waals surface area contributed by atoms with Gasteiger partial charge in [0.05, 0.1) is 16.1 Å². The molecule has 0 spiro atoms. The van der Waals surface area contributed by atoms with E-state index in [0.717, 1.165) is 0 Å². The number of hydrogen-bond donors (Lipinski definition) is 1. The van der Waals surface area contributed by atoms with Crippen LogP contribution in [0.4, 0.5) is 4.79 Å². The Hall–Kier alpha value is -0.250. The summed E-state index contributed by atoms with van der Waals surface area (Å²) in [7, 11) is 0. The van der Waals surface area contributed by atoms with Crippen molar-refractivity contribution in [2.45, 2.75) is 26.4 Å². The second-order valence-corrected chi connectivity index (χ2v) is 2.99. The molecule has 1 amide bonds. The van der Waals surface area contributed by atoms with Crippen LogP contribution in [0.15, 0.2) is 0 Å². The molecule has 9 heavy (non-hydrogen) atoms. The van der Waals surface area contributed by atoms with Crippen LogP contribution in [-0.2, 0) is 4.74 Å². The maximum atomic E-state index is 10.4. The number of amides is 1. The smallest absolute Gasteiger partial charge is 0.417 e. The molecule has 0 aromatic carbocycles. The third kappa shape index (κ3) is 5.62. The van der Waals surface area contributed by atoms with Crippen LogP contribution < -0.4 is 4.34 Å². The number of halogens is 1. The van der Waals surface area contributed by atoms with Gasteiger partial charge in [0, 0.05) is 0 Å². The highest BCUT2D eigenvalue weighted by Crippen LogP contribution is 2.06. The lowest BCUT2D eigenvalue weighted by atomic mass is 10.2. The third-order valence-corrected chi connectivity index (χ3v) is 0.800. The van der Waals surface area contributed by atoms with Crippen LogP contribution in [0.25, 0.3) is 0 Å². The first-order valence-electron chi connectivity index (χ1n) is 2.55. The number of nitrogens with one attached hydrogen (secondary N) is 1. The Morgan fingerprint density at radius 3 is 2.11 bits per heavy atom. The van der Waals surface area contributed by atoms with Crippen LogP contribution in [0.2, 0.25) is 0 Å². The summed E-state index contributed by atoms with van der Waals surface area (Å²) in [5.41, 5.74) is -0.419. The third-order valence-electron chi connectivity index (χ3n) is 0.476. The van der Waals surface area contributed by atoms with Crippen LogP contribution in [0.5, 0.6) is 0 Å². The molecule has 4 heteroatoms. The van der Waals surface area contributed by atoms with E-state index in [1.165, 1.54) is 0 Å². The molecule has 0 aliphatic carbocycles. The van der Waals surface area contributed by atoms with Gasteiger partial charge in [-0.15, -0.1) is 0 Å². The van der Waals surface area contributed by atoms with Crippen molar-refractivity contribution < 1.29 is 9.53 Å². The molecule has 0 aliphatic heterocycles. The quantitative estimate of drug-likeness (QED) is 0.600. The van der Waals surface area contributed by atoms with Crippen LogP contribution in [0.1, 0.15) is 20.8 Å². The lowest BCUT2D eigenvalue weighted by Gasteiger charge is -2.17. The summed E-state index contributed by atoms with van der Waals surface area (Å²) in [6, 6.07) is 0. The Bertz CT molecular complexity index is 108. The van der Waals surface area contributed by atoms with Crippen LogP contribution in [-0.4, -0.2) is 11.7 Å². The first-order chi connectivity index (χ1) is 3.95. The maximum absolute atomic E-state index is 10.4. The molecule has 0 radical (unpaired) electrons. The van der Waals surface area contributed by atoms with Gasteiger partial charge in [0.15, 0.2) is 0 Å². The molecule has 0 saturated carbocycles. The molecule has 0 saturated heterocycles. The fourth-order valence-electron chi connectivity index (χ4n) is 0.297. The number of ether oxygens (including phenoxy) is 1. The van der Waals surface area contributed by atoms with Crippen molar-refractivity contribution in [3.63, 3.8) is 0 Å². The molecule has 3 nitrogen and oxygen atoms in total. The van der Waals surface area contributed by atoms with E-state index in [4.69, 9.17) is 4.74 Å². The number of rotatable bonds is 0. The molecule has 1 N–H and O–H groups in total. The minimum Gasteiger partial charge on any atom is -0.443 e. The fraction of sp³-hybridized carbons (Fsp3) is 0.800. The second-order valence-electron chi connectivity index (χ2n) is 2.60. The van der Waals surface area contributed by atoms with Crippen LogP contribution in [0, 0.1) is 0 Å². The normalized spacial score (nSPS) is 10.7. The minimum atomic E-state index is -0.470. The highest BCUT2D eigenvalue weighted by molar-refractivity contribution is 9.08. The van der Waals surface area contributed by atoms with Crippen molar-refractivity contribution in [1.82, 2.24) is 4.34 Å². The van der Waals surface area contributed by atoms with E-state index in [-0.39, 0.29) is 0 Å². The standard InChI is InChI=1S/C5H10BrNO2/c1-5(2,3)9-4(8)7-6/h1-3H3,(H,7,8). The SMILES string of the molecule is CC(C)(C)OC(=O)NBr. The average Bonchev–Trinajstić information content (AvgIpc) is 1.62. The van der Waals surface area contributed by atoms with Gasteiger partial charge in [0.2, 0.25) is 0 Å². The van der Waals surface area contributed by atoms with Crippen molar-refractivity contribution in [1.29, 1.82) is 0 Å². The van der Waals surface area contributed by atoms with Crippen molar-refractivity contribution in [2.75, 3.05) is 0 Å². The molecule has 0 aliphatic rings. The molecule has 0 unspecified atom stereocenters. The summed E-state index contributed by atoms with van der Waals surface area (Å²) in [6.45, 7) is 5.40. The zero-order valence-corrected chi connectivity index (χ0v) is 7.28. The van der Waals surface area contributed by atoms with E-state index in [9.17, 15) is 4.79 Å². The monoisotopic (exact) mass is 195 g/mol. The molecule has 0 bridgehead atoms. The molecular weight excluding hydrogens is 186 g/mol. The Morgan fingerprint density at radius 2 is 2.00 bits per heavy atom. The van der Waals surface area contributed by atoms with Gasteiger partial charge in [-0.25, -0.2) is 4.79 Å². The molecule has 0 rings (SSSR count). The van der Waals surface area contributed by atoms with Crippen molar-refractivity contribution in [2.24, 2.45) is 0 Å². The van der Waals surface area contributed by atoms with E-state index < -0.39 is 11.7 Å². The van der Waals surface area contributed by atoms with E-state index >= 15 is 0 Å². The van der Waals surface area contributed by atoms with Crippen molar-refractivity contribution >= 4 is 22.2 Å². The Labute approximate surface area is 63.1 Å². The molecular formula is C5H10BrNO2. The molecule has 0 atom stereocenters. The van der Waals surface area contributed by atoms with Gasteiger partial charge in [-0.2, -0.15) is 0 Å². The Balaban J connectivity index is 3.60. The zero-order chi connectivity index (χ0) is 7.49. The average molecular weight is 196 g/mol. The van der Waals surface area contributed by atoms with Crippen LogP contribution in [0.3, 0.4) is 0 Å². The number of carbonyl (C=O) groups is 1. The summed E-state index contributed by atoms with van der Waals surface area (Å²) in [6.07, 6.45) is -0.470. The molecule has 0 fully saturated rings. The lowest BCUT2D eigenvalue weighted by molar-refractivity contribution is 0.0578. The summed E-state index contributed by atoms with van der Waals surface area (Å²) < 4.78 is 6.96. The predicted octanol–water partition coefficient (Wildman–Crippen LogP) is 1.82. The summed E-state index contributed by atoms with van der Waals surface area (Å²) in [4.78, 5) is 10.4. The number of hydrogen-bond acceptors (Lipinski definition) is 2. The Morgan fingerprint density at radius 1 is 1.56 bits per heavy atom. The molecule has 0 aromatic heterocycles. The summed E-state index contributed by atoms with van der Waals surface area (Å²) >= 11 is 2.74. The highest BCUT2D eigenvalue weighted by Gasteiger charge is 2.14. The van der Waals surface area contributed by atoms with Crippen LogP contribution >= 0.6 is 16.1 Å². The molecule has 54 valence electrons. The predicted molar refractivity (Wildman–Crippen MR) is 38.3 cm³/mol. The lowest BCUT2D eigenvalue weighted by Crippen LogP contribution is -2.27. The van der Waals surface area contributed by atoms with Gasteiger partial charge in [-0.1, -0.05) is 0 Å². The van der Waals surface area contributed by atoms with Gasteiger partial charge >= 0.3 is 6.09 Å². The topological polar surface area (TPSA) is 38.3 Å². The summed E-state index contributed by atoms with van der Waals surface area (Å²) in [5, 5.41) is 0. The van der Waals surface area contributed by atoms with E-state index in [1.807, 2.05) is 0 Å². The fourth-order valence-corrected chi connectivity index (χ4v) is 0.378. The Kier molecular flexibility index (Phi) is 2.97. The van der Waals surface area contributed by atoms with Gasteiger partial charge in [0.25, 0.3) is 0 Å². The van der Waals surface area contributed by atoms with Gasteiger partial charge in [-0.3, -0.25) is 4.34 Å². The van der Waals surface area contributed by atoms with Crippen molar-refractivity contribution in [3.05, 3.63) is 0 Å². The first-order valence-corrected chi connectivity index (χ1v) is 3.34. The van der Waals surface area contributed by atoms with E-state index in [2.05, 4.69) is 20.5 Å². The van der Waals surface area contributed by atoms with Gasteiger partial charge in [-0.05, 0) is 20.8 Å². The van der Waals surface area contributed by atoms with Gasteiger partial charge in [0.1, 0.15) is 5.60 Å². The number of carbonyl (C=O) groups excluding carboxylic acids is 1. The maximum Gasteiger partial charge on any atom is 0.417 e. The summed E-state index contributed by atoms with van der Waals surface area (Å²) in [5.74, 6) is 0.